The molecule has 0 spiro atoms. The molecule has 5 heteroatoms. The minimum absolute atomic E-state index is 0.748. The van der Waals surface area contributed by atoms with Crippen molar-refractivity contribution in [1.82, 2.24) is 14.4 Å². The van der Waals surface area contributed by atoms with Crippen LogP contribution in [0, 0.1) is 0 Å². The number of methoxy groups -OCH3 is 2. The number of hydrogen-bond acceptors (Lipinski definition) is 4. The number of hydrogen-bond donors (Lipinski definition) is 0. The second-order valence-electron chi connectivity index (χ2n) is 4.05. The number of rotatable bonds is 3. The van der Waals surface area contributed by atoms with Gasteiger partial charge < -0.3 is 9.47 Å². The topological polar surface area (TPSA) is 48.7 Å². The van der Waals surface area contributed by atoms with E-state index in [0.717, 1.165) is 28.4 Å². The van der Waals surface area contributed by atoms with Gasteiger partial charge in [0.2, 0.25) is 0 Å². The van der Waals surface area contributed by atoms with Gasteiger partial charge >= 0.3 is 0 Å². The zero-order valence-electron chi connectivity index (χ0n) is 10.7. The van der Waals surface area contributed by atoms with Gasteiger partial charge in [-0.15, -0.1) is 0 Å². The molecule has 0 aliphatic carbocycles. The fourth-order valence-electron chi connectivity index (χ4n) is 2.01. The van der Waals surface area contributed by atoms with Crippen LogP contribution in [-0.2, 0) is 0 Å². The number of fused-ring (bicyclic) bond motifs is 1. The molecule has 0 radical (unpaired) electrons. The molecule has 1 aromatic carbocycles. The van der Waals surface area contributed by atoms with Crippen molar-refractivity contribution in [2.24, 2.45) is 0 Å². The molecule has 19 heavy (non-hydrogen) atoms. The first-order valence-corrected chi connectivity index (χ1v) is 5.82. The van der Waals surface area contributed by atoms with Crippen LogP contribution in [0.2, 0.25) is 0 Å². The predicted octanol–water partition coefficient (Wildman–Crippen LogP) is 2.41. The Morgan fingerprint density at radius 3 is 2.42 bits per heavy atom. The molecular formula is C14H13N3O2. The second-order valence-corrected chi connectivity index (χ2v) is 4.05. The first kappa shape index (κ1) is 11.5. The Hall–Kier alpha value is -2.56. The molecular weight excluding hydrogens is 242 g/mol. The Morgan fingerprint density at radius 1 is 1.00 bits per heavy atom. The van der Waals surface area contributed by atoms with Crippen LogP contribution in [0.1, 0.15) is 0 Å². The molecule has 0 saturated heterocycles. The van der Waals surface area contributed by atoms with Crippen LogP contribution in [0.5, 0.6) is 11.5 Å². The van der Waals surface area contributed by atoms with Crippen LogP contribution in [0.15, 0.2) is 43.0 Å². The fraction of sp³-hybridized carbons (Fsp3) is 0.143. The van der Waals surface area contributed by atoms with Crippen molar-refractivity contribution in [1.29, 1.82) is 0 Å². The van der Waals surface area contributed by atoms with E-state index in [1.807, 2.05) is 35.0 Å². The average molecular weight is 255 g/mol. The van der Waals surface area contributed by atoms with Crippen molar-refractivity contribution in [2.75, 3.05) is 14.2 Å². The minimum Gasteiger partial charge on any atom is -0.497 e. The van der Waals surface area contributed by atoms with Crippen LogP contribution in [0.25, 0.3) is 16.9 Å². The van der Waals surface area contributed by atoms with Gasteiger partial charge in [-0.1, -0.05) is 0 Å². The summed E-state index contributed by atoms with van der Waals surface area (Å²) in [6, 6.07) is 5.74. The lowest BCUT2D eigenvalue weighted by molar-refractivity contribution is 0.394. The summed E-state index contributed by atoms with van der Waals surface area (Å²) in [7, 11) is 3.27. The lowest BCUT2D eigenvalue weighted by atomic mass is 10.1. The lowest BCUT2D eigenvalue weighted by Gasteiger charge is -2.08. The molecule has 96 valence electrons. The summed E-state index contributed by atoms with van der Waals surface area (Å²) >= 11 is 0. The highest BCUT2D eigenvalue weighted by atomic mass is 16.5. The van der Waals surface area contributed by atoms with E-state index >= 15 is 0 Å². The molecule has 2 aromatic heterocycles. The van der Waals surface area contributed by atoms with Crippen LogP contribution in [-0.4, -0.2) is 28.6 Å². The van der Waals surface area contributed by atoms with E-state index in [1.54, 1.807) is 26.6 Å². The molecule has 0 bridgehead atoms. The maximum absolute atomic E-state index is 5.29. The van der Waals surface area contributed by atoms with Crippen LogP contribution in [0.3, 0.4) is 0 Å². The van der Waals surface area contributed by atoms with Gasteiger partial charge in [-0.25, -0.2) is 4.98 Å². The molecule has 0 aliphatic rings. The van der Waals surface area contributed by atoms with Gasteiger partial charge in [0.25, 0.3) is 0 Å². The molecule has 0 amide bonds. The predicted molar refractivity (Wildman–Crippen MR) is 71.5 cm³/mol. The highest BCUT2D eigenvalue weighted by molar-refractivity contribution is 5.66. The number of imidazole rings is 1. The minimum atomic E-state index is 0.748. The molecule has 2 heterocycles. The summed E-state index contributed by atoms with van der Waals surface area (Å²) in [4.78, 5) is 8.38. The third-order valence-corrected chi connectivity index (χ3v) is 2.96. The summed E-state index contributed by atoms with van der Waals surface area (Å²) in [6.07, 6.45) is 7.14. The molecule has 0 atom stereocenters. The number of ether oxygens (including phenoxy) is 2. The largest absolute Gasteiger partial charge is 0.497 e. The standard InChI is InChI=1S/C14H13N3O2/c1-18-11-5-10(6-12(7-11)19-2)13-8-16-14-9-15-3-4-17(13)14/h3-9H,1-2H3. The van der Waals surface area contributed by atoms with Crippen LogP contribution < -0.4 is 9.47 Å². The van der Waals surface area contributed by atoms with Crippen molar-refractivity contribution in [3.8, 4) is 22.8 Å². The van der Waals surface area contributed by atoms with E-state index < -0.39 is 0 Å². The van der Waals surface area contributed by atoms with Crippen molar-refractivity contribution in [3.05, 3.63) is 43.0 Å². The van der Waals surface area contributed by atoms with Gasteiger partial charge in [0, 0.05) is 24.0 Å². The van der Waals surface area contributed by atoms with Gasteiger partial charge in [-0.05, 0) is 12.1 Å². The molecule has 0 unspecified atom stereocenters. The number of benzene rings is 1. The maximum atomic E-state index is 5.29. The monoisotopic (exact) mass is 255 g/mol. The van der Waals surface area contributed by atoms with Gasteiger partial charge in [0.05, 0.1) is 32.3 Å². The van der Waals surface area contributed by atoms with E-state index in [0.29, 0.717) is 0 Å². The molecule has 3 rings (SSSR count). The third-order valence-electron chi connectivity index (χ3n) is 2.96. The van der Waals surface area contributed by atoms with Gasteiger partial charge in [-0.2, -0.15) is 0 Å². The molecule has 5 nitrogen and oxygen atoms in total. The van der Waals surface area contributed by atoms with Crippen molar-refractivity contribution in [2.45, 2.75) is 0 Å². The van der Waals surface area contributed by atoms with Gasteiger partial charge in [0.1, 0.15) is 11.5 Å². The van der Waals surface area contributed by atoms with Crippen molar-refractivity contribution in [3.63, 3.8) is 0 Å². The first-order chi connectivity index (χ1) is 9.31. The molecule has 0 fully saturated rings. The third kappa shape index (κ3) is 1.99. The average Bonchev–Trinajstić information content (AvgIpc) is 2.90. The van der Waals surface area contributed by atoms with Crippen LogP contribution >= 0.6 is 0 Å². The molecule has 3 aromatic rings. The normalized spacial score (nSPS) is 10.6. The number of aromatic nitrogens is 3. The Morgan fingerprint density at radius 2 is 1.74 bits per heavy atom. The molecule has 0 N–H and O–H groups in total. The molecule has 0 saturated carbocycles. The maximum Gasteiger partial charge on any atom is 0.155 e. The van der Waals surface area contributed by atoms with E-state index in [2.05, 4.69) is 9.97 Å². The van der Waals surface area contributed by atoms with Crippen LogP contribution in [0.4, 0.5) is 0 Å². The Bertz CT molecular complexity index is 699. The quantitative estimate of drug-likeness (QED) is 0.721. The summed E-state index contributed by atoms with van der Waals surface area (Å²) in [5.74, 6) is 1.50. The lowest BCUT2D eigenvalue weighted by Crippen LogP contribution is -1.92. The van der Waals surface area contributed by atoms with E-state index in [4.69, 9.17) is 9.47 Å². The van der Waals surface area contributed by atoms with E-state index in [1.165, 1.54) is 0 Å². The Balaban J connectivity index is 2.20. The van der Waals surface area contributed by atoms with Gasteiger partial charge in [-0.3, -0.25) is 9.38 Å². The highest BCUT2D eigenvalue weighted by Gasteiger charge is 2.09. The van der Waals surface area contributed by atoms with Crippen molar-refractivity contribution >= 4 is 5.65 Å². The number of nitrogens with zero attached hydrogens (tertiary/aromatic N) is 3. The van der Waals surface area contributed by atoms with E-state index in [9.17, 15) is 0 Å². The Labute approximate surface area is 110 Å². The summed E-state index contributed by atoms with van der Waals surface area (Å²) in [6.45, 7) is 0. The summed E-state index contributed by atoms with van der Waals surface area (Å²) in [5.41, 5.74) is 2.75. The van der Waals surface area contributed by atoms with Crippen molar-refractivity contribution < 1.29 is 9.47 Å². The zero-order chi connectivity index (χ0) is 13.2. The Kier molecular flexibility index (Phi) is 2.79. The highest BCUT2D eigenvalue weighted by Crippen LogP contribution is 2.29. The molecule has 0 aliphatic heterocycles. The smallest absolute Gasteiger partial charge is 0.155 e. The first-order valence-electron chi connectivity index (χ1n) is 5.82. The fourth-order valence-corrected chi connectivity index (χ4v) is 2.01. The second kappa shape index (κ2) is 4.61. The van der Waals surface area contributed by atoms with E-state index in [-0.39, 0.29) is 0 Å². The summed E-state index contributed by atoms with van der Waals surface area (Å²) < 4.78 is 12.5. The zero-order valence-corrected chi connectivity index (χ0v) is 10.7. The van der Waals surface area contributed by atoms with Gasteiger partial charge in [0.15, 0.2) is 5.65 Å². The SMILES string of the molecule is COc1cc(OC)cc(-c2cnc3cnccn23)c1. The summed E-state index contributed by atoms with van der Waals surface area (Å²) in [5, 5.41) is 0.